The summed E-state index contributed by atoms with van der Waals surface area (Å²) in [5.41, 5.74) is 7.10. The smallest absolute Gasteiger partial charge is 0.380 e. The van der Waals surface area contributed by atoms with Gasteiger partial charge in [-0.25, -0.2) is 0 Å². The second-order valence-corrected chi connectivity index (χ2v) is 18.7. The lowest BCUT2D eigenvalue weighted by atomic mass is 9.84. The Kier molecular flexibility index (Phi) is 12.4. The maximum atomic E-state index is 7.01. The molecule has 0 aromatic carbocycles. The molecule has 0 amide bonds. The van der Waals surface area contributed by atoms with Crippen molar-refractivity contribution < 1.29 is 14.3 Å². The number of nitrogens with zero attached hydrogens (tertiary/aromatic N) is 6. The highest BCUT2D eigenvalue weighted by Crippen LogP contribution is 2.40. The molecule has 0 spiro atoms. The first-order chi connectivity index (χ1) is 27.2. The molecule has 0 N–H and O–H groups in total. The van der Waals surface area contributed by atoms with Crippen molar-refractivity contribution in [3.63, 3.8) is 0 Å². The van der Waals surface area contributed by atoms with Crippen molar-refractivity contribution in [3.05, 3.63) is 52.4 Å². The van der Waals surface area contributed by atoms with Gasteiger partial charge in [0.05, 0.1) is 34.2 Å². The molecular weight excluding hydrogens is 683 g/mol. The summed E-state index contributed by atoms with van der Waals surface area (Å²) in [6.07, 6.45) is 37.5. The van der Waals surface area contributed by atoms with Crippen molar-refractivity contribution in [1.82, 2.24) is 29.8 Å². The van der Waals surface area contributed by atoms with Crippen LogP contribution in [-0.4, -0.2) is 37.2 Å². The first kappa shape index (κ1) is 37.7. The SMILES string of the molecule is c1c(C2CCCCC2)nn(OB(On2nc(C3CCCCC3)cc2C2CCCCC2)On2nc(C3CCCCC3)cc2C2CCCCC2)c1C1CCCCC1. The Hall–Kier alpha value is -2.91. The highest BCUT2D eigenvalue weighted by molar-refractivity contribution is 6.37. The van der Waals surface area contributed by atoms with Gasteiger partial charge >= 0.3 is 7.32 Å². The van der Waals surface area contributed by atoms with E-state index in [4.69, 9.17) is 29.6 Å². The molecule has 6 fully saturated rings. The molecule has 0 unspecified atom stereocenters. The van der Waals surface area contributed by atoms with Crippen LogP contribution < -0.4 is 14.3 Å². The highest BCUT2D eigenvalue weighted by Gasteiger charge is 2.40. The summed E-state index contributed by atoms with van der Waals surface area (Å²) in [7, 11) is -1.11. The Morgan fingerprint density at radius 1 is 0.327 bits per heavy atom. The number of aromatic nitrogens is 6. The molecule has 6 aliphatic carbocycles. The maximum absolute atomic E-state index is 7.01. The van der Waals surface area contributed by atoms with E-state index in [0.717, 1.165) is 0 Å². The van der Waals surface area contributed by atoms with Crippen LogP contribution in [0.3, 0.4) is 0 Å². The minimum absolute atomic E-state index is 0.431. The van der Waals surface area contributed by atoms with Crippen LogP contribution in [0.15, 0.2) is 18.2 Å². The summed E-state index contributed by atoms with van der Waals surface area (Å²) >= 11 is 0. The Morgan fingerprint density at radius 2 is 0.545 bits per heavy atom. The van der Waals surface area contributed by atoms with Crippen LogP contribution in [0.2, 0.25) is 0 Å². The van der Waals surface area contributed by atoms with E-state index in [1.807, 2.05) is 14.5 Å². The van der Waals surface area contributed by atoms with E-state index in [1.165, 1.54) is 227 Å². The lowest BCUT2D eigenvalue weighted by Gasteiger charge is -2.25. The molecule has 6 aliphatic rings. The second-order valence-electron chi connectivity index (χ2n) is 18.7. The normalized spacial score (nSPS) is 23.6. The zero-order valence-electron chi connectivity index (χ0n) is 33.9. The predicted molar refractivity (Wildman–Crippen MR) is 217 cm³/mol. The third-order valence-corrected chi connectivity index (χ3v) is 14.9. The Labute approximate surface area is 331 Å². The van der Waals surface area contributed by atoms with E-state index >= 15 is 0 Å². The monoisotopic (exact) mass is 753 g/mol. The van der Waals surface area contributed by atoms with E-state index < -0.39 is 7.32 Å². The van der Waals surface area contributed by atoms with Gasteiger partial charge in [-0.2, -0.15) is 0 Å². The van der Waals surface area contributed by atoms with Gasteiger partial charge in [-0.3, -0.25) is 0 Å². The van der Waals surface area contributed by atoms with Crippen LogP contribution in [0, 0.1) is 0 Å². The van der Waals surface area contributed by atoms with Crippen LogP contribution in [0.25, 0.3) is 0 Å². The molecule has 3 heterocycles. The average Bonchev–Trinajstić information content (AvgIpc) is 4.00. The molecule has 55 heavy (non-hydrogen) atoms. The topological polar surface area (TPSA) is 81.1 Å². The molecule has 3 aromatic heterocycles. The van der Waals surface area contributed by atoms with Gasteiger partial charge in [0, 0.05) is 35.5 Å². The molecule has 0 bridgehead atoms. The minimum atomic E-state index is -1.11. The first-order valence-corrected chi connectivity index (χ1v) is 23.6. The maximum Gasteiger partial charge on any atom is 0.929 e. The standard InChI is InChI=1S/C45H69BN6O3/c1-7-19-34(20-8-1)40-31-43(37-25-13-4-14-26-37)50(47-40)53-46(54-51-44(38-27-15-5-16-28-38)32-41(48-51)35-21-9-2-10-22-35)55-52-45(39-29-17-6-18-30-39)33-42(49-52)36-23-11-3-12-24-36/h31-39H,1-30H2. The molecule has 0 atom stereocenters. The van der Waals surface area contributed by atoms with E-state index in [-0.39, 0.29) is 0 Å². The molecule has 0 saturated heterocycles. The van der Waals surface area contributed by atoms with Gasteiger partial charge < -0.3 is 14.3 Å². The fourth-order valence-corrected chi connectivity index (χ4v) is 11.6. The zero-order chi connectivity index (χ0) is 36.8. The van der Waals surface area contributed by atoms with Crippen molar-refractivity contribution in [2.45, 2.75) is 228 Å². The van der Waals surface area contributed by atoms with Gasteiger partial charge in [0.25, 0.3) is 0 Å². The van der Waals surface area contributed by atoms with E-state index in [1.54, 1.807) is 0 Å². The summed E-state index contributed by atoms with van der Waals surface area (Å²) < 4.78 is 21.0. The van der Waals surface area contributed by atoms with Gasteiger partial charge in [-0.1, -0.05) is 116 Å². The van der Waals surface area contributed by atoms with Crippen molar-refractivity contribution >= 4 is 7.32 Å². The van der Waals surface area contributed by atoms with Crippen LogP contribution >= 0.6 is 0 Å². The van der Waals surface area contributed by atoms with Crippen LogP contribution in [0.4, 0.5) is 0 Å². The summed E-state index contributed by atoms with van der Waals surface area (Å²) in [6, 6.07) is 7.15. The van der Waals surface area contributed by atoms with Gasteiger partial charge in [0.2, 0.25) is 0 Å². The number of hydrogen-bond donors (Lipinski definition) is 0. The fourth-order valence-electron chi connectivity index (χ4n) is 11.6. The Morgan fingerprint density at radius 3 is 0.782 bits per heavy atom. The van der Waals surface area contributed by atoms with Gasteiger partial charge in [0.15, 0.2) is 0 Å². The number of hydrogen-bond acceptors (Lipinski definition) is 6. The van der Waals surface area contributed by atoms with E-state index in [9.17, 15) is 0 Å². The summed E-state index contributed by atoms with van der Waals surface area (Å²) in [5, 5.41) is 15.9. The third kappa shape index (κ3) is 8.98. The quantitative estimate of drug-likeness (QED) is 0.171. The molecule has 10 heteroatoms. The van der Waals surface area contributed by atoms with E-state index in [0.29, 0.717) is 35.5 Å². The van der Waals surface area contributed by atoms with Crippen LogP contribution in [-0.2, 0) is 0 Å². The number of rotatable bonds is 12. The zero-order valence-corrected chi connectivity index (χ0v) is 33.9. The van der Waals surface area contributed by atoms with Crippen LogP contribution in [0.1, 0.15) is 262 Å². The molecule has 9 nitrogen and oxygen atoms in total. The molecule has 0 radical (unpaired) electrons. The minimum Gasteiger partial charge on any atom is -0.380 e. The fraction of sp³-hybridized carbons (Fsp3) is 0.800. The lowest BCUT2D eigenvalue weighted by Crippen LogP contribution is -2.50. The van der Waals surface area contributed by atoms with Crippen molar-refractivity contribution in [2.75, 3.05) is 0 Å². The molecule has 3 aromatic rings. The lowest BCUT2D eigenvalue weighted by molar-refractivity contribution is 0.0290. The summed E-state index contributed by atoms with van der Waals surface area (Å²) in [4.78, 5) is 5.51. The molecular formula is C45H69BN6O3. The summed E-state index contributed by atoms with van der Waals surface area (Å²) in [5.74, 6) is 2.77. The van der Waals surface area contributed by atoms with Gasteiger partial charge in [0.1, 0.15) is 0 Å². The predicted octanol–water partition coefficient (Wildman–Crippen LogP) is 11.2. The summed E-state index contributed by atoms with van der Waals surface area (Å²) in [6.45, 7) is 0. The first-order valence-electron chi connectivity index (χ1n) is 23.6. The van der Waals surface area contributed by atoms with E-state index in [2.05, 4.69) is 18.2 Å². The third-order valence-electron chi connectivity index (χ3n) is 14.9. The van der Waals surface area contributed by atoms with Crippen LogP contribution in [0.5, 0.6) is 0 Å². The van der Waals surface area contributed by atoms with Crippen molar-refractivity contribution in [3.8, 4) is 0 Å². The molecule has 300 valence electrons. The molecule has 0 aliphatic heterocycles. The largest absolute Gasteiger partial charge is 0.929 e. The Balaban J connectivity index is 1.09. The highest BCUT2D eigenvalue weighted by atomic mass is 16.9. The Bertz CT molecular complexity index is 1440. The van der Waals surface area contributed by atoms with Gasteiger partial charge in [-0.05, 0) is 95.2 Å². The molecule has 9 rings (SSSR count). The van der Waals surface area contributed by atoms with Gasteiger partial charge in [-0.15, -0.1) is 29.8 Å². The average molecular weight is 753 g/mol. The van der Waals surface area contributed by atoms with Crippen molar-refractivity contribution in [1.29, 1.82) is 0 Å². The van der Waals surface area contributed by atoms with Crippen molar-refractivity contribution in [2.24, 2.45) is 0 Å². The molecule has 6 saturated carbocycles. The second kappa shape index (κ2) is 18.1.